The van der Waals surface area contributed by atoms with E-state index >= 15 is 0 Å². The van der Waals surface area contributed by atoms with E-state index in [2.05, 4.69) is 25.2 Å². The monoisotopic (exact) mass is 264 g/mol. The van der Waals surface area contributed by atoms with Gasteiger partial charge in [-0.1, -0.05) is 25.2 Å². The predicted octanol–water partition coefficient (Wildman–Crippen LogP) is 2.66. The third-order valence-corrected chi connectivity index (χ3v) is 5.48. The summed E-state index contributed by atoms with van der Waals surface area (Å²) in [6.07, 6.45) is 10.6. The van der Waals surface area contributed by atoms with Crippen molar-refractivity contribution in [2.45, 2.75) is 44.0 Å². The lowest BCUT2D eigenvalue weighted by Gasteiger charge is -2.38. The van der Waals surface area contributed by atoms with Crippen molar-refractivity contribution in [1.82, 2.24) is 0 Å². The summed E-state index contributed by atoms with van der Waals surface area (Å²) in [6, 6.07) is 0. The van der Waals surface area contributed by atoms with Crippen LogP contribution in [0.2, 0.25) is 0 Å². The summed E-state index contributed by atoms with van der Waals surface area (Å²) >= 11 is 0. The number of rotatable bonds is 4. The van der Waals surface area contributed by atoms with Gasteiger partial charge in [-0.25, -0.2) is 0 Å². The normalized spacial score (nSPS) is 42.9. The van der Waals surface area contributed by atoms with Crippen LogP contribution in [0.25, 0.3) is 0 Å². The van der Waals surface area contributed by atoms with Gasteiger partial charge in [-0.3, -0.25) is 0 Å². The molecule has 1 N–H and O–H groups in total. The summed E-state index contributed by atoms with van der Waals surface area (Å²) < 4.78 is 11.4. The van der Waals surface area contributed by atoms with E-state index in [1.54, 1.807) is 14.2 Å². The summed E-state index contributed by atoms with van der Waals surface area (Å²) in [6.45, 7) is 2.20. The van der Waals surface area contributed by atoms with Crippen LogP contribution < -0.4 is 0 Å². The van der Waals surface area contributed by atoms with E-state index in [1.807, 2.05) is 0 Å². The molecular weight excluding hydrogens is 240 g/mol. The topological polar surface area (TPSA) is 38.7 Å². The van der Waals surface area contributed by atoms with E-state index < -0.39 is 11.4 Å². The van der Waals surface area contributed by atoms with Gasteiger partial charge in [-0.2, -0.15) is 0 Å². The molecule has 0 unspecified atom stereocenters. The first kappa shape index (κ1) is 13.3. The highest BCUT2D eigenvalue weighted by Crippen LogP contribution is 2.59. The number of aliphatic hydroxyl groups is 1. The van der Waals surface area contributed by atoms with Crippen LogP contribution in [0.4, 0.5) is 0 Å². The predicted molar refractivity (Wildman–Crippen MR) is 73.5 cm³/mol. The molecule has 3 aliphatic carbocycles. The van der Waals surface area contributed by atoms with Crippen LogP contribution >= 0.6 is 0 Å². The maximum absolute atomic E-state index is 11.3. The van der Waals surface area contributed by atoms with E-state index in [0.717, 1.165) is 19.3 Å². The van der Waals surface area contributed by atoms with Crippen molar-refractivity contribution in [3.05, 3.63) is 23.8 Å². The van der Waals surface area contributed by atoms with Crippen LogP contribution in [-0.4, -0.2) is 30.7 Å². The molecule has 0 heterocycles. The molecule has 19 heavy (non-hydrogen) atoms. The Morgan fingerprint density at radius 2 is 2.05 bits per heavy atom. The van der Waals surface area contributed by atoms with Gasteiger partial charge in [-0.15, -0.1) is 0 Å². The Kier molecular flexibility index (Phi) is 3.12. The first-order valence-electron chi connectivity index (χ1n) is 7.34. The van der Waals surface area contributed by atoms with E-state index in [-0.39, 0.29) is 11.8 Å². The molecule has 0 radical (unpaired) electrons. The fraction of sp³-hybridized carbons (Fsp3) is 0.750. The molecule has 0 saturated heterocycles. The number of methoxy groups -OCH3 is 2. The van der Waals surface area contributed by atoms with Crippen molar-refractivity contribution in [3.8, 4) is 0 Å². The van der Waals surface area contributed by atoms with Crippen molar-refractivity contribution in [1.29, 1.82) is 0 Å². The molecule has 0 aliphatic heterocycles. The average molecular weight is 264 g/mol. The summed E-state index contributed by atoms with van der Waals surface area (Å²) in [4.78, 5) is 0. The standard InChI is InChI=1S/C16H24O3/c1-4-11-6-5-7-13(11)15(17)10-12-8-9-14(15)16(12,18-2)19-3/h7-9,11-12,14,17H,4-6,10H2,1-3H3/t11-,12+,14+,15-/m0/s1. The van der Waals surface area contributed by atoms with Crippen molar-refractivity contribution in [2.75, 3.05) is 14.2 Å². The second-order valence-corrected chi connectivity index (χ2v) is 6.07. The molecule has 0 aromatic heterocycles. The second-order valence-electron chi connectivity index (χ2n) is 6.07. The largest absolute Gasteiger partial charge is 0.385 e. The molecule has 0 aromatic rings. The Balaban J connectivity index is 1.97. The molecule has 1 saturated carbocycles. The van der Waals surface area contributed by atoms with Crippen molar-refractivity contribution in [2.24, 2.45) is 17.8 Å². The van der Waals surface area contributed by atoms with Gasteiger partial charge in [0.2, 0.25) is 0 Å². The van der Waals surface area contributed by atoms with Gasteiger partial charge in [0, 0.05) is 20.1 Å². The zero-order chi connectivity index (χ0) is 13.7. The maximum atomic E-state index is 11.3. The highest BCUT2D eigenvalue weighted by atomic mass is 16.7. The van der Waals surface area contributed by atoms with Gasteiger partial charge < -0.3 is 14.6 Å². The van der Waals surface area contributed by atoms with Gasteiger partial charge in [0.15, 0.2) is 5.79 Å². The molecule has 3 rings (SSSR count). The summed E-state index contributed by atoms with van der Waals surface area (Å²) in [5.41, 5.74) is 0.452. The summed E-state index contributed by atoms with van der Waals surface area (Å²) in [5, 5.41) is 11.3. The Morgan fingerprint density at radius 3 is 2.63 bits per heavy atom. The first-order chi connectivity index (χ1) is 9.12. The van der Waals surface area contributed by atoms with Crippen molar-refractivity contribution < 1.29 is 14.6 Å². The molecule has 0 spiro atoms. The molecule has 1 fully saturated rings. The molecule has 3 nitrogen and oxygen atoms in total. The van der Waals surface area contributed by atoms with Gasteiger partial charge in [0.05, 0.1) is 11.5 Å². The van der Waals surface area contributed by atoms with Crippen molar-refractivity contribution >= 4 is 0 Å². The third kappa shape index (κ3) is 1.55. The minimum absolute atomic E-state index is 0.0848. The Labute approximate surface area is 115 Å². The molecule has 3 aliphatic rings. The number of fused-ring (bicyclic) bond motifs is 2. The van der Waals surface area contributed by atoms with Crippen LogP contribution in [-0.2, 0) is 9.47 Å². The first-order valence-corrected chi connectivity index (χ1v) is 7.34. The third-order valence-electron chi connectivity index (χ3n) is 5.48. The van der Waals surface area contributed by atoms with Crippen LogP contribution in [0.3, 0.4) is 0 Å². The van der Waals surface area contributed by atoms with Crippen LogP contribution in [0.1, 0.15) is 32.6 Å². The lowest BCUT2D eigenvalue weighted by atomic mass is 9.76. The summed E-state index contributed by atoms with van der Waals surface area (Å²) in [7, 11) is 3.37. The molecule has 2 bridgehead atoms. The SMILES string of the molecule is CC[C@H]1CCC=C1[C@@]1(O)C[C@H]2C=C[C@H]1C2(OC)OC. The van der Waals surface area contributed by atoms with Gasteiger partial charge in [-0.05, 0) is 37.2 Å². The molecular formula is C16H24O3. The molecule has 0 aromatic carbocycles. The zero-order valence-corrected chi connectivity index (χ0v) is 12.1. The highest BCUT2D eigenvalue weighted by molar-refractivity contribution is 5.37. The van der Waals surface area contributed by atoms with E-state index in [0.29, 0.717) is 5.92 Å². The second kappa shape index (κ2) is 4.44. The smallest absolute Gasteiger partial charge is 0.183 e. The highest BCUT2D eigenvalue weighted by Gasteiger charge is 2.66. The lowest BCUT2D eigenvalue weighted by Crippen LogP contribution is -2.46. The number of hydrogen-bond acceptors (Lipinski definition) is 3. The van der Waals surface area contributed by atoms with Gasteiger partial charge in [0.1, 0.15) is 0 Å². The number of ether oxygens (including phenoxy) is 2. The van der Waals surface area contributed by atoms with Crippen LogP contribution in [0.5, 0.6) is 0 Å². The molecule has 0 amide bonds. The van der Waals surface area contributed by atoms with Gasteiger partial charge >= 0.3 is 0 Å². The van der Waals surface area contributed by atoms with Crippen LogP contribution in [0, 0.1) is 17.8 Å². The molecule has 3 heteroatoms. The quantitative estimate of drug-likeness (QED) is 0.626. The number of hydrogen-bond donors (Lipinski definition) is 1. The maximum Gasteiger partial charge on any atom is 0.183 e. The minimum Gasteiger partial charge on any atom is -0.385 e. The van der Waals surface area contributed by atoms with Gasteiger partial charge in [0.25, 0.3) is 0 Å². The zero-order valence-electron chi connectivity index (χ0n) is 12.1. The Hall–Kier alpha value is -0.640. The fourth-order valence-electron chi connectivity index (χ4n) is 4.56. The van der Waals surface area contributed by atoms with E-state index in [9.17, 15) is 5.11 Å². The van der Waals surface area contributed by atoms with Crippen molar-refractivity contribution in [3.63, 3.8) is 0 Å². The Morgan fingerprint density at radius 1 is 1.32 bits per heavy atom. The molecule has 106 valence electrons. The van der Waals surface area contributed by atoms with Crippen LogP contribution in [0.15, 0.2) is 23.8 Å². The van der Waals surface area contributed by atoms with E-state index in [1.165, 1.54) is 12.0 Å². The average Bonchev–Trinajstić information content (AvgIpc) is 3.09. The minimum atomic E-state index is -0.775. The van der Waals surface area contributed by atoms with E-state index in [4.69, 9.17) is 9.47 Å². The number of allylic oxidation sites excluding steroid dienone is 1. The fourth-order valence-corrected chi connectivity index (χ4v) is 4.56. The lowest BCUT2D eigenvalue weighted by molar-refractivity contribution is -0.238. The Bertz CT molecular complexity index is 422. The molecule has 4 atom stereocenters. The summed E-state index contributed by atoms with van der Waals surface area (Å²) in [5.74, 6) is -0.0877.